The minimum Gasteiger partial charge on any atom is -0.512 e. The van der Waals surface area contributed by atoms with Gasteiger partial charge >= 0.3 is 0 Å². The Kier molecular flexibility index (Phi) is 10.0. The van der Waals surface area contributed by atoms with Crippen LogP contribution in [0.25, 0.3) is 43.6 Å². The van der Waals surface area contributed by atoms with E-state index in [1.54, 1.807) is 0 Å². The van der Waals surface area contributed by atoms with Crippen molar-refractivity contribution in [2.24, 2.45) is 11.8 Å². The molecule has 0 saturated heterocycles. The molecule has 2 heterocycles. The molecule has 0 atom stereocenters. The molecule has 5 aromatic rings. The van der Waals surface area contributed by atoms with Crippen molar-refractivity contribution in [2.75, 3.05) is 0 Å². The van der Waals surface area contributed by atoms with Crippen LogP contribution >= 0.6 is 0 Å². The number of allylic oxidation sites excluding steroid dienone is 2. The number of nitrogens with zero attached hydrogens (tertiary/aromatic N) is 1. The molecule has 0 amide bonds. The maximum Gasteiger partial charge on any atom is 0.162 e. The normalized spacial score (nSPS) is 11.8. The zero-order valence-corrected chi connectivity index (χ0v) is 24.3. The molecular formula is C32H34IrNO3-. The fourth-order valence-corrected chi connectivity index (χ4v) is 4.71. The molecule has 0 fully saturated rings. The summed E-state index contributed by atoms with van der Waals surface area (Å²) in [7, 11) is 0. The van der Waals surface area contributed by atoms with Crippen molar-refractivity contribution in [3.8, 4) is 0 Å². The SMILES string of the molecule is CCC(CC)C(=O)/C=C(\O)C(CC)CC.[Ir].[c-]1c2ccccc2cc2oc3c4ccccc4cnc3c12. The molecule has 3 aromatic carbocycles. The van der Waals surface area contributed by atoms with Crippen molar-refractivity contribution >= 4 is 49.4 Å². The Balaban J connectivity index is 0.000000214. The Bertz CT molecular complexity index is 1530. The largest absolute Gasteiger partial charge is 0.512 e. The van der Waals surface area contributed by atoms with Crippen LogP contribution in [0.4, 0.5) is 0 Å². The number of aliphatic hydroxyl groups excluding tert-OH is 1. The van der Waals surface area contributed by atoms with Gasteiger partial charge in [-0.3, -0.25) is 9.78 Å². The van der Waals surface area contributed by atoms with Gasteiger partial charge in [0.2, 0.25) is 0 Å². The molecule has 0 saturated carbocycles. The monoisotopic (exact) mass is 673 g/mol. The first kappa shape index (κ1) is 28.6. The van der Waals surface area contributed by atoms with E-state index < -0.39 is 0 Å². The molecule has 1 radical (unpaired) electrons. The predicted molar refractivity (Wildman–Crippen MR) is 149 cm³/mol. The second-order valence-electron chi connectivity index (χ2n) is 9.22. The predicted octanol–water partition coefficient (Wildman–Crippen LogP) is 8.95. The van der Waals surface area contributed by atoms with Crippen LogP contribution in [0.5, 0.6) is 0 Å². The molecule has 2 aromatic heterocycles. The number of benzene rings is 3. The van der Waals surface area contributed by atoms with Crippen LogP contribution in [0, 0.1) is 17.9 Å². The van der Waals surface area contributed by atoms with Gasteiger partial charge in [0.1, 0.15) is 5.58 Å². The Hall–Kier alpha value is -3.01. The van der Waals surface area contributed by atoms with Crippen LogP contribution < -0.4 is 0 Å². The van der Waals surface area contributed by atoms with Crippen molar-refractivity contribution in [2.45, 2.75) is 53.4 Å². The molecule has 1 N–H and O–H groups in total. The summed E-state index contributed by atoms with van der Waals surface area (Å²) in [5, 5.41) is 15.1. The first-order chi connectivity index (χ1) is 17.5. The standard InChI is InChI=1S/C19H10NO.C13H24O2.Ir/c1-2-6-13-10-17-16(9-12(13)5-1)18-19(21-17)15-8-4-3-7-14(15)11-20-18;1-5-10(6-2)12(14)9-13(15)11(7-3)8-4;/h1-8,10-11H;9-11,14H,5-8H2,1-4H3;/q-1;;/b;12-9-;. The van der Waals surface area contributed by atoms with E-state index in [0.717, 1.165) is 69.3 Å². The van der Waals surface area contributed by atoms with E-state index in [-0.39, 0.29) is 43.5 Å². The molecule has 5 rings (SSSR count). The molecule has 4 nitrogen and oxygen atoms in total. The zero-order chi connectivity index (χ0) is 25.7. The number of aliphatic hydroxyl groups is 1. The number of pyridine rings is 1. The number of aromatic nitrogens is 1. The summed E-state index contributed by atoms with van der Waals surface area (Å²) in [6.45, 7) is 8.07. The third kappa shape index (κ3) is 6.11. The molecule has 5 heteroatoms. The molecule has 0 aliphatic carbocycles. The van der Waals surface area contributed by atoms with E-state index in [1.807, 2.05) is 58.2 Å². The number of rotatable bonds is 7. The number of carbonyl (C=O) groups excluding carboxylic acids is 1. The van der Waals surface area contributed by atoms with E-state index in [4.69, 9.17) is 4.42 Å². The number of hydrogen-bond acceptors (Lipinski definition) is 4. The third-order valence-electron chi connectivity index (χ3n) is 7.04. The quantitative estimate of drug-likeness (QED) is 0.107. The summed E-state index contributed by atoms with van der Waals surface area (Å²) < 4.78 is 6.08. The number of hydrogen-bond donors (Lipinski definition) is 1. The van der Waals surface area contributed by atoms with Gasteiger partial charge in [-0.1, -0.05) is 87.0 Å². The number of furan rings is 1. The summed E-state index contributed by atoms with van der Waals surface area (Å²) >= 11 is 0. The molecule has 195 valence electrons. The van der Waals surface area contributed by atoms with Crippen LogP contribution in [0.15, 0.2) is 77.0 Å². The Morgan fingerprint density at radius 2 is 1.57 bits per heavy atom. The van der Waals surface area contributed by atoms with E-state index >= 15 is 0 Å². The Morgan fingerprint density at radius 1 is 0.946 bits per heavy atom. The van der Waals surface area contributed by atoms with Crippen molar-refractivity contribution in [1.29, 1.82) is 0 Å². The van der Waals surface area contributed by atoms with Gasteiger partial charge in [-0.05, 0) is 25.7 Å². The van der Waals surface area contributed by atoms with Gasteiger partial charge in [0, 0.05) is 55.0 Å². The van der Waals surface area contributed by atoms with Crippen molar-refractivity contribution in [1.82, 2.24) is 4.98 Å². The van der Waals surface area contributed by atoms with E-state index in [0.29, 0.717) is 0 Å². The first-order valence-electron chi connectivity index (χ1n) is 13.0. The minimum atomic E-state index is 0. The summed E-state index contributed by atoms with van der Waals surface area (Å²) in [6, 6.07) is 21.9. The van der Waals surface area contributed by atoms with Crippen LogP contribution in [0.3, 0.4) is 0 Å². The molecule has 0 aliphatic rings. The maximum atomic E-state index is 11.7. The maximum absolute atomic E-state index is 11.7. The number of carbonyl (C=O) groups is 1. The summed E-state index contributed by atoms with van der Waals surface area (Å²) in [4.78, 5) is 16.3. The summed E-state index contributed by atoms with van der Waals surface area (Å²) in [6.07, 6.45) is 6.80. The Morgan fingerprint density at radius 3 is 2.24 bits per heavy atom. The molecular weight excluding hydrogens is 639 g/mol. The van der Waals surface area contributed by atoms with Gasteiger partial charge < -0.3 is 9.52 Å². The molecule has 0 bridgehead atoms. The van der Waals surface area contributed by atoms with Gasteiger partial charge in [-0.25, -0.2) is 0 Å². The van der Waals surface area contributed by atoms with Gasteiger partial charge in [0.05, 0.1) is 16.9 Å². The fourth-order valence-electron chi connectivity index (χ4n) is 4.71. The molecule has 0 aliphatic heterocycles. The third-order valence-corrected chi connectivity index (χ3v) is 7.04. The molecule has 0 unspecified atom stereocenters. The fraction of sp³-hybridized carbons (Fsp3) is 0.312. The number of ketones is 1. The van der Waals surface area contributed by atoms with Crippen molar-refractivity contribution in [3.63, 3.8) is 0 Å². The molecule has 37 heavy (non-hydrogen) atoms. The van der Waals surface area contributed by atoms with Crippen molar-refractivity contribution in [3.05, 3.63) is 78.7 Å². The number of fused-ring (bicyclic) bond motifs is 6. The summed E-state index contributed by atoms with van der Waals surface area (Å²) in [5.74, 6) is 0.547. The van der Waals surface area contributed by atoms with Gasteiger partial charge in [0.15, 0.2) is 5.78 Å². The average molecular weight is 673 g/mol. The van der Waals surface area contributed by atoms with Gasteiger partial charge in [-0.2, -0.15) is 0 Å². The smallest absolute Gasteiger partial charge is 0.162 e. The van der Waals surface area contributed by atoms with Gasteiger partial charge in [0.25, 0.3) is 0 Å². The van der Waals surface area contributed by atoms with Crippen LogP contribution in [-0.2, 0) is 24.9 Å². The van der Waals surface area contributed by atoms with Crippen LogP contribution in [-0.4, -0.2) is 15.9 Å². The van der Waals surface area contributed by atoms with E-state index in [2.05, 4.69) is 41.4 Å². The second-order valence-corrected chi connectivity index (χ2v) is 9.22. The van der Waals surface area contributed by atoms with Crippen LogP contribution in [0.1, 0.15) is 53.4 Å². The molecule has 0 spiro atoms. The van der Waals surface area contributed by atoms with E-state index in [9.17, 15) is 9.90 Å². The average Bonchev–Trinajstić information content (AvgIpc) is 3.27. The van der Waals surface area contributed by atoms with Crippen molar-refractivity contribution < 1.29 is 34.4 Å². The zero-order valence-electron chi connectivity index (χ0n) is 21.9. The van der Waals surface area contributed by atoms with E-state index in [1.165, 1.54) is 6.08 Å². The minimum absolute atomic E-state index is 0. The van der Waals surface area contributed by atoms with Crippen LogP contribution in [0.2, 0.25) is 0 Å². The second kappa shape index (κ2) is 13.0. The van der Waals surface area contributed by atoms with Gasteiger partial charge in [-0.15, -0.1) is 17.5 Å². The first-order valence-corrected chi connectivity index (χ1v) is 13.0. The topological polar surface area (TPSA) is 63.3 Å². The Labute approximate surface area is 232 Å². The summed E-state index contributed by atoms with van der Waals surface area (Å²) in [5.41, 5.74) is 2.57.